The molecule has 0 radical (unpaired) electrons. The van der Waals surface area contributed by atoms with Gasteiger partial charge in [0, 0.05) is 42.7 Å². The summed E-state index contributed by atoms with van der Waals surface area (Å²) >= 11 is 1.78. The van der Waals surface area contributed by atoms with Gasteiger partial charge in [0.1, 0.15) is 11.6 Å². The summed E-state index contributed by atoms with van der Waals surface area (Å²) in [5.41, 5.74) is 2.88. The highest BCUT2D eigenvalue weighted by atomic mass is 32.1. The normalized spacial score (nSPS) is 20.2. The molecule has 8 heteroatoms. The zero-order valence-corrected chi connectivity index (χ0v) is 21.3. The van der Waals surface area contributed by atoms with Crippen molar-refractivity contribution in [2.75, 3.05) is 39.8 Å². The molecule has 188 valence electrons. The van der Waals surface area contributed by atoms with E-state index in [1.807, 2.05) is 24.0 Å². The van der Waals surface area contributed by atoms with Gasteiger partial charge in [-0.15, -0.1) is 11.3 Å². The molecule has 5 rings (SSSR count). The third-order valence-electron chi connectivity index (χ3n) is 7.17. The fourth-order valence-corrected chi connectivity index (χ4v) is 6.14. The summed E-state index contributed by atoms with van der Waals surface area (Å²) in [6.07, 6.45) is 0.934. The third-order valence-corrected chi connectivity index (χ3v) is 8.16. The van der Waals surface area contributed by atoms with Gasteiger partial charge in [-0.2, -0.15) is 0 Å². The fraction of sp³-hybridized carbons (Fsp3) is 0.357. The molecule has 0 aliphatic carbocycles. The molecule has 1 saturated heterocycles. The summed E-state index contributed by atoms with van der Waals surface area (Å²) in [5.74, 6) is 0.392. The predicted octanol–water partition coefficient (Wildman–Crippen LogP) is 4.22. The van der Waals surface area contributed by atoms with Crippen LogP contribution in [0.5, 0.6) is 5.75 Å². The first kappa shape index (κ1) is 24.5. The van der Waals surface area contributed by atoms with Gasteiger partial charge in [-0.3, -0.25) is 14.5 Å². The van der Waals surface area contributed by atoms with E-state index in [4.69, 9.17) is 4.74 Å². The van der Waals surface area contributed by atoms with Gasteiger partial charge in [0.15, 0.2) is 0 Å². The molecule has 0 spiro atoms. The topological polar surface area (TPSA) is 53.1 Å². The summed E-state index contributed by atoms with van der Waals surface area (Å²) in [6, 6.07) is 15.8. The van der Waals surface area contributed by atoms with Gasteiger partial charge in [-0.05, 0) is 72.3 Å². The number of nitrogens with zero attached hydrogens (tertiary/aromatic N) is 3. The quantitative estimate of drug-likeness (QED) is 0.519. The Morgan fingerprint density at radius 2 is 1.78 bits per heavy atom. The first-order valence-corrected chi connectivity index (χ1v) is 13.1. The highest BCUT2D eigenvalue weighted by Gasteiger charge is 2.34. The molecule has 1 fully saturated rings. The number of benzene rings is 2. The van der Waals surface area contributed by atoms with E-state index in [1.54, 1.807) is 23.3 Å². The van der Waals surface area contributed by atoms with Crippen LogP contribution in [-0.2, 0) is 11.2 Å². The maximum Gasteiger partial charge on any atom is 0.254 e. The van der Waals surface area contributed by atoms with Crippen molar-refractivity contribution in [3.05, 3.63) is 87.4 Å². The zero-order valence-electron chi connectivity index (χ0n) is 20.5. The number of carbonyl (C=O) groups is 2. The number of halogens is 1. The maximum atomic E-state index is 13.4. The van der Waals surface area contributed by atoms with Gasteiger partial charge in [-0.25, -0.2) is 4.39 Å². The Balaban J connectivity index is 1.27. The van der Waals surface area contributed by atoms with Crippen molar-refractivity contribution in [1.29, 1.82) is 0 Å². The molecular weight excluding hydrogens is 477 g/mol. The van der Waals surface area contributed by atoms with Crippen LogP contribution in [0.2, 0.25) is 0 Å². The van der Waals surface area contributed by atoms with Crippen molar-refractivity contribution < 1.29 is 18.7 Å². The van der Waals surface area contributed by atoms with Crippen LogP contribution in [-0.4, -0.2) is 72.4 Å². The molecule has 2 aliphatic rings. The fourth-order valence-electron chi connectivity index (χ4n) is 5.23. The van der Waals surface area contributed by atoms with Crippen LogP contribution in [0, 0.1) is 5.82 Å². The molecule has 3 heterocycles. The number of hydrogen-bond acceptors (Lipinski definition) is 5. The van der Waals surface area contributed by atoms with Crippen LogP contribution in [0.1, 0.15) is 39.3 Å². The molecule has 0 N–H and O–H groups in total. The van der Waals surface area contributed by atoms with E-state index >= 15 is 0 Å². The molecule has 0 saturated carbocycles. The summed E-state index contributed by atoms with van der Waals surface area (Å²) in [6.45, 7) is 4.52. The lowest BCUT2D eigenvalue weighted by Crippen LogP contribution is -2.57. The largest absolute Gasteiger partial charge is 0.497 e. The summed E-state index contributed by atoms with van der Waals surface area (Å²) < 4.78 is 18.6. The smallest absolute Gasteiger partial charge is 0.254 e. The molecule has 2 unspecified atom stereocenters. The van der Waals surface area contributed by atoms with E-state index < -0.39 is 0 Å². The van der Waals surface area contributed by atoms with Crippen molar-refractivity contribution in [2.45, 2.75) is 25.4 Å². The van der Waals surface area contributed by atoms with Gasteiger partial charge in [-0.1, -0.05) is 12.1 Å². The first-order valence-electron chi connectivity index (χ1n) is 12.2. The number of fused-ring (bicyclic) bond motifs is 1. The molecule has 36 heavy (non-hydrogen) atoms. The summed E-state index contributed by atoms with van der Waals surface area (Å²) in [7, 11) is 1.66. The van der Waals surface area contributed by atoms with Crippen molar-refractivity contribution in [3.8, 4) is 5.75 Å². The first-order chi connectivity index (χ1) is 17.4. The minimum Gasteiger partial charge on any atom is -0.497 e. The van der Waals surface area contributed by atoms with Crippen LogP contribution in [0.25, 0.3) is 0 Å². The van der Waals surface area contributed by atoms with Gasteiger partial charge in [0.05, 0.1) is 19.7 Å². The molecule has 3 aromatic rings. The Bertz CT molecular complexity index is 1230. The molecule has 6 nitrogen and oxygen atoms in total. The number of hydrogen-bond donors (Lipinski definition) is 0. The average Bonchev–Trinajstić information content (AvgIpc) is 3.37. The van der Waals surface area contributed by atoms with E-state index in [-0.39, 0.29) is 29.7 Å². The van der Waals surface area contributed by atoms with E-state index in [0.717, 1.165) is 24.3 Å². The SMILES string of the molecule is COc1ccc(C2c3ccsc3CCN2CC(=O)N2CCN(C(=O)c3ccc(F)cc3)C(C)C2)cc1. The second-order valence-corrected chi connectivity index (χ2v) is 10.4. The Hall–Kier alpha value is -3.23. The summed E-state index contributed by atoms with van der Waals surface area (Å²) in [4.78, 5) is 33.7. The zero-order chi connectivity index (χ0) is 25.2. The highest BCUT2D eigenvalue weighted by molar-refractivity contribution is 7.10. The number of carbonyl (C=O) groups excluding carboxylic acids is 2. The molecule has 2 atom stereocenters. The molecule has 2 aromatic carbocycles. The number of rotatable bonds is 5. The van der Waals surface area contributed by atoms with E-state index in [9.17, 15) is 14.0 Å². The second-order valence-electron chi connectivity index (χ2n) is 9.39. The minimum atomic E-state index is -0.366. The lowest BCUT2D eigenvalue weighted by molar-refractivity contribution is -0.135. The van der Waals surface area contributed by atoms with E-state index in [2.05, 4.69) is 28.5 Å². The minimum absolute atomic E-state index is 0.0219. The number of piperazine rings is 1. The Kier molecular flexibility index (Phi) is 7.07. The Morgan fingerprint density at radius 1 is 1.03 bits per heavy atom. The second kappa shape index (κ2) is 10.4. The van der Waals surface area contributed by atoms with Crippen LogP contribution in [0.4, 0.5) is 4.39 Å². The summed E-state index contributed by atoms with van der Waals surface area (Å²) in [5, 5.41) is 2.13. The van der Waals surface area contributed by atoms with Crippen LogP contribution in [0.15, 0.2) is 60.0 Å². The average molecular weight is 508 g/mol. The van der Waals surface area contributed by atoms with Crippen LogP contribution in [0.3, 0.4) is 0 Å². The molecular formula is C28H30FN3O3S. The number of methoxy groups -OCH3 is 1. The monoisotopic (exact) mass is 507 g/mol. The number of ether oxygens (including phenoxy) is 1. The third kappa shape index (κ3) is 4.88. The Morgan fingerprint density at radius 3 is 2.47 bits per heavy atom. The number of amides is 2. The Labute approximate surface area is 214 Å². The van der Waals surface area contributed by atoms with Crippen LogP contribution < -0.4 is 4.74 Å². The van der Waals surface area contributed by atoms with E-state index in [0.29, 0.717) is 31.7 Å². The lowest BCUT2D eigenvalue weighted by atomic mass is 9.93. The van der Waals surface area contributed by atoms with Crippen molar-refractivity contribution in [2.24, 2.45) is 0 Å². The van der Waals surface area contributed by atoms with Crippen molar-refractivity contribution >= 4 is 23.2 Å². The van der Waals surface area contributed by atoms with Crippen LogP contribution >= 0.6 is 11.3 Å². The standard InChI is InChI=1S/C28H30FN3O3S/c1-19-17-30(14-15-32(19)28(34)21-3-7-22(29)8-4-21)26(33)18-31-13-11-25-24(12-16-36-25)27(31)20-5-9-23(35-2)10-6-20/h3-10,12,16,19,27H,11,13-15,17-18H2,1-2H3. The highest BCUT2D eigenvalue weighted by Crippen LogP contribution is 2.38. The molecule has 2 aliphatic heterocycles. The van der Waals surface area contributed by atoms with Gasteiger partial charge in [0.2, 0.25) is 5.91 Å². The molecule has 0 bridgehead atoms. The lowest BCUT2D eigenvalue weighted by Gasteiger charge is -2.42. The van der Waals surface area contributed by atoms with Gasteiger partial charge in [0.25, 0.3) is 5.91 Å². The molecule has 1 aromatic heterocycles. The van der Waals surface area contributed by atoms with Crippen molar-refractivity contribution in [1.82, 2.24) is 14.7 Å². The molecule has 2 amide bonds. The number of thiophene rings is 1. The van der Waals surface area contributed by atoms with Crippen molar-refractivity contribution in [3.63, 3.8) is 0 Å². The van der Waals surface area contributed by atoms with Gasteiger partial charge < -0.3 is 14.5 Å². The van der Waals surface area contributed by atoms with Gasteiger partial charge >= 0.3 is 0 Å². The van der Waals surface area contributed by atoms with E-state index in [1.165, 1.54) is 34.7 Å². The predicted molar refractivity (Wildman–Crippen MR) is 138 cm³/mol. The maximum absolute atomic E-state index is 13.4.